The summed E-state index contributed by atoms with van der Waals surface area (Å²) >= 11 is 0. The first kappa shape index (κ1) is 16.1. The molecule has 3 aromatic rings. The van der Waals surface area contributed by atoms with Crippen molar-refractivity contribution in [2.45, 2.75) is 26.8 Å². The van der Waals surface area contributed by atoms with E-state index in [2.05, 4.69) is 29.5 Å². The molecule has 1 heterocycles. The van der Waals surface area contributed by atoms with Crippen molar-refractivity contribution in [1.82, 2.24) is 9.78 Å². The monoisotopic (exact) mass is 323 g/mol. The molecule has 1 aromatic heterocycles. The maximum Gasteiger partial charge on any atom is 0.226 e. The van der Waals surface area contributed by atoms with Crippen molar-refractivity contribution < 1.29 is 9.53 Å². The summed E-state index contributed by atoms with van der Waals surface area (Å²) in [6, 6.07) is 13.6. The number of hydrogen-bond donors (Lipinski definition) is 1. The highest BCUT2D eigenvalue weighted by Gasteiger charge is 2.07. The van der Waals surface area contributed by atoms with Crippen LogP contribution in [0.3, 0.4) is 0 Å². The lowest BCUT2D eigenvalue weighted by atomic mass is 10.2. The van der Waals surface area contributed by atoms with E-state index < -0.39 is 0 Å². The molecule has 1 N–H and O–H groups in total. The Balaban J connectivity index is 1.58. The first-order chi connectivity index (χ1) is 11.7. The van der Waals surface area contributed by atoms with Crippen molar-refractivity contribution in [2.24, 2.45) is 0 Å². The Morgan fingerprint density at radius 3 is 2.75 bits per heavy atom. The van der Waals surface area contributed by atoms with Crippen LogP contribution in [0.15, 0.2) is 48.7 Å². The normalized spacial score (nSPS) is 10.8. The number of amides is 1. The largest absolute Gasteiger partial charge is 0.494 e. The Hall–Kier alpha value is -2.82. The molecule has 5 heteroatoms. The lowest BCUT2D eigenvalue weighted by Crippen LogP contribution is -2.14. The molecule has 5 nitrogen and oxygen atoms in total. The summed E-state index contributed by atoms with van der Waals surface area (Å²) in [7, 11) is 0. The molecule has 1 amide bonds. The molecule has 0 spiro atoms. The van der Waals surface area contributed by atoms with Gasteiger partial charge in [-0.1, -0.05) is 11.6 Å². The molecule has 0 aliphatic carbocycles. The van der Waals surface area contributed by atoms with Crippen molar-refractivity contribution in [3.63, 3.8) is 0 Å². The minimum atomic E-state index is -0.0325. The van der Waals surface area contributed by atoms with Gasteiger partial charge >= 0.3 is 0 Å². The van der Waals surface area contributed by atoms with Gasteiger partial charge in [-0.3, -0.25) is 9.48 Å². The van der Waals surface area contributed by atoms with E-state index in [1.54, 1.807) is 0 Å². The van der Waals surface area contributed by atoms with Crippen LogP contribution in [-0.2, 0) is 11.3 Å². The van der Waals surface area contributed by atoms with Crippen LogP contribution in [0.5, 0.6) is 5.75 Å². The molecule has 24 heavy (non-hydrogen) atoms. The quantitative estimate of drug-likeness (QED) is 0.751. The first-order valence-electron chi connectivity index (χ1n) is 8.10. The van der Waals surface area contributed by atoms with Gasteiger partial charge < -0.3 is 10.1 Å². The summed E-state index contributed by atoms with van der Waals surface area (Å²) in [4.78, 5) is 12.1. The maximum atomic E-state index is 12.1. The third-order valence-electron chi connectivity index (χ3n) is 3.80. The molecule has 0 radical (unpaired) electrons. The second-order valence-corrected chi connectivity index (χ2v) is 5.69. The van der Waals surface area contributed by atoms with Crippen LogP contribution in [-0.4, -0.2) is 22.3 Å². The molecule has 124 valence electrons. The molecule has 2 aromatic carbocycles. The Bertz CT molecular complexity index is 837. The van der Waals surface area contributed by atoms with E-state index in [1.165, 1.54) is 5.56 Å². The van der Waals surface area contributed by atoms with Gasteiger partial charge in [0, 0.05) is 17.5 Å². The molecule has 0 saturated heterocycles. The van der Waals surface area contributed by atoms with Crippen LogP contribution in [0, 0.1) is 6.92 Å². The zero-order chi connectivity index (χ0) is 16.9. The molecule has 0 saturated carbocycles. The minimum Gasteiger partial charge on any atom is -0.494 e. The highest BCUT2D eigenvalue weighted by Crippen LogP contribution is 2.17. The van der Waals surface area contributed by atoms with Gasteiger partial charge in [0.15, 0.2) is 0 Å². The smallest absolute Gasteiger partial charge is 0.226 e. The summed E-state index contributed by atoms with van der Waals surface area (Å²) in [5.41, 5.74) is 3.02. The fourth-order valence-corrected chi connectivity index (χ4v) is 2.62. The third-order valence-corrected chi connectivity index (χ3v) is 3.80. The van der Waals surface area contributed by atoms with E-state index in [0.717, 1.165) is 22.3 Å². The number of carbonyl (C=O) groups excluding carboxylic acids is 1. The van der Waals surface area contributed by atoms with Crippen molar-refractivity contribution in [3.05, 3.63) is 54.2 Å². The SMILES string of the molecule is CCOc1ccc(NC(=O)CCn2ncc3cc(C)ccc32)cc1. The number of fused-ring (bicyclic) bond motifs is 1. The van der Waals surface area contributed by atoms with Gasteiger partial charge in [0.2, 0.25) is 5.91 Å². The summed E-state index contributed by atoms with van der Waals surface area (Å²) in [5, 5.41) is 8.36. The molecule has 0 atom stereocenters. The van der Waals surface area contributed by atoms with E-state index in [0.29, 0.717) is 19.6 Å². The second-order valence-electron chi connectivity index (χ2n) is 5.69. The van der Waals surface area contributed by atoms with Crippen molar-refractivity contribution in [3.8, 4) is 5.75 Å². The molecule has 0 unspecified atom stereocenters. The predicted octanol–water partition coefficient (Wildman–Crippen LogP) is 3.77. The van der Waals surface area contributed by atoms with Gasteiger partial charge in [0.05, 0.1) is 24.9 Å². The molecule has 0 aliphatic heterocycles. The Morgan fingerprint density at radius 1 is 1.21 bits per heavy atom. The Labute approximate surface area is 141 Å². The first-order valence-corrected chi connectivity index (χ1v) is 8.10. The highest BCUT2D eigenvalue weighted by atomic mass is 16.5. The number of nitrogens with one attached hydrogen (secondary N) is 1. The fourth-order valence-electron chi connectivity index (χ4n) is 2.62. The lowest BCUT2D eigenvalue weighted by molar-refractivity contribution is -0.116. The van der Waals surface area contributed by atoms with Gasteiger partial charge in [-0.25, -0.2) is 0 Å². The molecular weight excluding hydrogens is 302 g/mol. The van der Waals surface area contributed by atoms with Crippen molar-refractivity contribution in [2.75, 3.05) is 11.9 Å². The number of ether oxygens (including phenoxy) is 1. The van der Waals surface area contributed by atoms with Crippen LogP contribution in [0.2, 0.25) is 0 Å². The molecule has 0 aliphatic rings. The Kier molecular flexibility index (Phi) is 4.79. The topological polar surface area (TPSA) is 56.1 Å². The number of carbonyl (C=O) groups is 1. The fraction of sp³-hybridized carbons (Fsp3) is 0.263. The van der Waals surface area contributed by atoms with E-state index in [-0.39, 0.29) is 5.91 Å². The number of aryl methyl sites for hydroxylation is 2. The van der Waals surface area contributed by atoms with Crippen LogP contribution in [0.25, 0.3) is 10.9 Å². The molecule has 0 bridgehead atoms. The van der Waals surface area contributed by atoms with E-state index in [4.69, 9.17) is 4.74 Å². The van der Waals surface area contributed by atoms with E-state index in [1.807, 2.05) is 48.1 Å². The highest BCUT2D eigenvalue weighted by molar-refractivity contribution is 5.90. The zero-order valence-corrected chi connectivity index (χ0v) is 14.0. The lowest BCUT2D eigenvalue weighted by Gasteiger charge is -2.08. The summed E-state index contributed by atoms with van der Waals surface area (Å²) in [5.74, 6) is 0.767. The van der Waals surface area contributed by atoms with Gasteiger partial charge in [-0.15, -0.1) is 0 Å². The zero-order valence-electron chi connectivity index (χ0n) is 14.0. The predicted molar refractivity (Wildman–Crippen MR) is 95.3 cm³/mol. The number of hydrogen-bond acceptors (Lipinski definition) is 3. The van der Waals surface area contributed by atoms with Crippen LogP contribution in [0.4, 0.5) is 5.69 Å². The number of aromatic nitrogens is 2. The number of rotatable bonds is 6. The molecule has 0 fully saturated rings. The summed E-state index contributed by atoms with van der Waals surface area (Å²) < 4.78 is 7.25. The number of benzene rings is 2. The third kappa shape index (κ3) is 3.74. The molecule has 3 rings (SSSR count). The van der Waals surface area contributed by atoms with Gasteiger partial charge in [0.1, 0.15) is 5.75 Å². The van der Waals surface area contributed by atoms with Gasteiger partial charge in [-0.2, -0.15) is 5.10 Å². The summed E-state index contributed by atoms with van der Waals surface area (Å²) in [6.45, 7) is 5.18. The van der Waals surface area contributed by atoms with E-state index in [9.17, 15) is 4.79 Å². The van der Waals surface area contributed by atoms with Gasteiger partial charge in [-0.05, 0) is 50.2 Å². The minimum absolute atomic E-state index is 0.0325. The molecular formula is C19H21N3O2. The van der Waals surface area contributed by atoms with Crippen molar-refractivity contribution >= 4 is 22.5 Å². The number of nitrogens with zero attached hydrogens (tertiary/aromatic N) is 2. The average Bonchev–Trinajstić information content (AvgIpc) is 2.97. The maximum absolute atomic E-state index is 12.1. The van der Waals surface area contributed by atoms with Crippen molar-refractivity contribution in [1.29, 1.82) is 0 Å². The second kappa shape index (κ2) is 7.17. The van der Waals surface area contributed by atoms with Crippen LogP contribution >= 0.6 is 0 Å². The summed E-state index contributed by atoms with van der Waals surface area (Å²) in [6.07, 6.45) is 2.21. The average molecular weight is 323 g/mol. The van der Waals surface area contributed by atoms with E-state index >= 15 is 0 Å². The number of anilines is 1. The Morgan fingerprint density at radius 2 is 2.00 bits per heavy atom. The standard InChI is InChI=1S/C19H21N3O2/c1-3-24-17-7-5-16(6-8-17)21-19(23)10-11-22-18-9-4-14(2)12-15(18)13-20-22/h4-9,12-13H,3,10-11H2,1-2H3,(H,21,23). The van der Waals surface area contributed by atoms with Crippen LogP contribution in [0.1, 0.15) is 18.9 Å². The van der Waals surface area contributed by atoms with Gasteiger partial charge in [0.25, 0.3) is 0 Å². The van der Waals surface area contributed by atoms with Crippen LogP contribution < -0.4 is 10.1 Å².